The second kappa shape index (κ2) is 9.51. The topological polar surface area (TPSA) is 58.8 Å². The molecule has 0 aliphatic rings. The van der Waals surface area contributed by atoms with Crippen LogP contribution in [0, 0.1) is 12.8 Å². The summed E-state index contributed by atoms with van der Waals surface area (Å²) in [6.07, 6.45) is 1.24. The number of aliphatic imine (C=N–C) groups is 1. The highest BCUT2D eigenvalue weighted by Crippen LogP contribution is 2.15. The lowest BCUT2D eigenvalue weighted by molar-refractivity contribution is 0.0258. The molecule has 126 valence electrons. The summed E-state index contributed by atoms with van der Waals surface area (Å²) in [5.74, 6) is 3.13. The van der Waals surface area contributed by atoms with Gasteiger partial charge in [-0.15, -0.1) is 0 Å². The van der Waals surface area contributed by atoms with E-state index in [2.05, 4.69) is 36.4 Å². The SMILES string of the molecule is CCOC(CCNC(=NC)NC(C)c1ccc(C)o1)C(C)C. The van der Waals surface area contributed by atoms with Crippen molar-refractivity contribution in [3.05, 3.63) is 23.7 Å². The summed E-state index contributed by atoms with van der Waals surface area (Å²) < 4.78 is 11.4. The normalized spacial score (nSPS) is 15.0. The molecule has 22 heavy (non-hydrogen) atoms. The number of hydrogen-bond donors (Lipinski definition) is 2. The van der Waals surface area contributed by atoms with Gasteiger partial charge in [0.05, 0.1) is 12.1 Å². The minimum atomic E-state index is 0.0766. The lowest BCUT2D eigenvalue weighted by Crippen LogP contribution is -2.40. The average Bonchev–Trinajstić information content (AvgIpc) is 2.91. The number of ether oxygens (including phenoxy) is 1. The minimum absolute atomic E-state index is 0.0766. The highest BCUT2D eigenvalue weighted by atomic mass is 16.5. The van der Waals surface area contributed by atoms with Crippen LogP contribution in [0.3, 0.4) is 0 Å². The highest BCUT2D eigenvalue weighted by Gasteiger charge is 2.14. The maximum Gasteiger partial charge on any atom is 0.191 e. The quantitative estimate of drug-likeness (QED) is 0.571. The second-order valence-electron chi connectivity index (χ2n) is 5.84. The van der Waals surface area contributed by atoms with Crippen molar-refractivity contribution >= 4 is 5.96 Å². The van der Waals surface area contributed by atoms with Crippen molar-refractivity contribution in [1.82, 2.24) is 10.6 Å². The zero-order valence-electron chi connectivity index (χ0n) is 14.8. The van der Waals surface area contributed by atoms with E-state index < -0.39 is 0 Å². The molecule has 0 aliphatic heterocycles. The van der Waals surface area contributed by atoms with E-state index in [9.17, 15) is 0 Å². The fourth-order valence-electron chi connectivity index (χ4n) is 2.31. The Balaban J connectivity index is 2.42. The first-order chi connectivity index (χ1) is 10.5. The van der Waals surface area contributed by atoms with E-state index in [1.807, 2.05) is 26.0 Å². The summed E-state index contributed by atoms with van der Waals surface area (Å²) in [6.45, 7) is 12.0. The molecule has 2 unspecified atom stereocenters. The third kappa shape index (κ3) is 6.10. The Morgan fingerprint density at radius 3 is 2.55 bits per heavy atom. The van der Waals surface area contributed by atoms with Crippen LogP contribution >= 0.6 is 0 Å². The Bertz CT molecular complexity index is 455. The molecule has 0 radical (unpaired) electrons. The van der Waals surface area contributed by atoms with E-state index >= 15 is 0 Å². The molecular formula is C17H31N3O2. The standard InChI is InChI=1S/C17H31N3O2/c1-7-21-15(12(2)3)10-11-19-17(18-6)20-14(5)16-9-8-13(4)22-16/h8-9,12,14-15H,7,10-11H2,1-6H3,(H2,18,19,20). The molecule has 0 aliphatic carbocycles. The molecule has 0 amide bonds. The second-order valence-corrected chi connectivity index (χ2v) is 5.84. The highest BCUT2D eigenvalue weighted by molar-refractivity contribution is 5.79. The fraction of sp³-hybridized carbons (Fsp3) is 0.706. The van der Waals surface area contributed by atoms with Crippen LogP contribution in [0.2, 0.25) is 0 Å². The number of furan rings is 1. The molecule has 5 nitrogen and oxygen atoms in total. The first-order valence-electron chi connectivity index (χ1n) is 8.13. The van der Waals surface area contributed by atoms with E-state index in [1.165, 1.54) is 0 Å². The predicted octanol–water partition coefficient (Wildman–Crippen LogP) is 3.27. The van der Waals surface area contributed by atoms with Crippen LogP contribution in [-0.2, 0) is 4.74 Å². The fourth-order valence-corrected chi connectivity index (χ4v) is 2.31. The van der Waals surface area contributed by atoms with Gasteiger partial charge in [0.25, 0.3) is 0 Å². The van der Waals surface area contributed by atoms with Crippen molar-refractivity contribution in [2.45, 2.75) is 53.2 Å². The maximum atomic E-state index is 5.76. The van der Waals surface area contributed by atoms with Gasteiger partial charge in [0.2, 0.25) is 0 Å². The molecule has 0 aromatic carbocycles. The number of hydrogen-bond acceptors (Lipinski definition) is 3. The third-order valence-electron chi connectivity index (χ3n) is 3.61. The molecule has 1 rings (SSSR count). The van der Waals surface area contributed by atoms with Crippen LogP contribution in [0.1, 0.15) is 51.7 Å². The molecule has 1 aromatic rings. The van der Waals surface area contributed by atoms with Gasteiger partial charge >= 0.3 is 0 Å². The molecule has 1 heterocycles. The van der Waals surface area contributed by atoms with Crippen molar-refractivity contribution in [3.8, 4) is 0 Å². The van der Waals surface area contributed by atoms with Gasteiger partial charge in [0.1, 0.15) is 11.5 Å². The van der Waals surface area contributed by atoms with Crippen LogP contribution < -0.4 is 10.6 Å². The zero-order chi connectivity index (χ0) is 16.5. The maximum absolute atomic E-state index is 5.76. The van der Waals surface area contributed by atoms with Gasteiger partial charge in [0.15, 0.2) is 5.96 Å². The molecule has 2 N–H and O–H groups in total. The first-order valence-corrected chi connectivity index (χ1v) is 8.13. The van der Waals surface area contributed by atoms with Gasteiger partial charge in [-0.2, -0.15) is 0 Å². The Kier molecular flexibility index (Phi) is 8.02. The summed E-state index contributed by atoms with van der Waals surface area (Å²) in [7, 11) is 1.78. The van der Waals surface area contributed by atoms with E-state index in [0.29, 0.717) is 5.92 Å². The number of aryl methyl sites for hydroxylation is 1. The number of nitrogens with zero attached hydrogens (tertiary/aromatic N) is 1. The van der Waals surface area contributed by atoms with Gasteiger partial charge in [-0.05, 0) is 45.2 Å². The van der Waals surface area contributed by atoms with Gasteiger partial charge in [0, 0.05) is 20.2 Å². The summed E-state index contributed by atoms with van der Waals surface area (Å²) in [4.78, 5) is 4.26. The minimum Gasteiger partial charge on any atom is -0.464 e. The lowest BCUT2D eigenvalue weighted by atomic mass is 10.0. The monoisotopic (exact) mass is 309 g/mol. The molecule has 0 bridgehead atoms. The Morgan fingerprint density at radius 2 is 2.05 bits per heavy atom. The first kappa shape index (κ1) is 18.6. The summed E-state index contributed by atoms with van der Waals surface area (Å²) in [5, 5.41) is 6.67. The van der Waals surface area contributed by atoms with Crippen LogP contribution in [0.25, 0.3) is 0 Å². The molecule has 5 heteroatoms. The van der Waals surface area contributed by atoms with Crippen molar-refractivity contribution < 1.29 is 9.15 Å². The molecule has 1 aromatic heterocycles. The van der Waals surface area contributed by atoms with Gasteiger partial charge in [-0.25, -0.2) is 0 Å². The summed E-state index contributed by atoms with van der Waals surface area (Å²) >= 11 is 0. The summed E-state index contributed by atoms with van der Waals surface area (Å²) in [6, 6.07) is 4.04. The van der Waals surface area contributed by atoms with Crippen LogP contribution in [0.4, 0.5) is 0 Å². The average molecular weight is 309 g/mol. The number of guanidine groups is 1. The van der Waals surface area contributed by atoms with Crippen LogP contribution in [-0.4, -0.2) is 32.3 Å². The van der Waals surface area contributed by atoms with E-state index in [-0.39, 0.29) is 12.1 Å². The Hall–Kier alpha value is -1.49. The molecule has 2 atom stereocenters. The molecule has 0 saturated carbocycles. The van der Waals surface area contributed by atoms with Gasteiger partial charge < -0.3 is 19.8 Å². The largest absolute Gasteiger partial charge is 0.464 e. The molecular weight excluding hydrogens is 278 g/mol. The zero-order valence-corrected chi connectivity index (χ0v) is 14.8. The molecule has 0 fully saturated rings. The molecule has 0 spiro atoms. The van der Waals surface area contributed by atoms with Crippen LogP contribution in [0.15, 0.2) is 21.5 Å². The summed E-state index contributed by atoms with van der Waals surface area (Å²) in [5.41, 5.74) is 0. The van der Waals surface area contributed by atoms with Crippen molar-refractivity contribution in [2.75, 3.05) is 20.2 Å². The van der Waals surface area contributed by atoms with Gasteiger partial charge in [-0.3, -0.25) is 4.99 Å². The predicted molar refractivity (Wildman–Crippen MR) is 91.2 cm³/mol. The Morgan fingerprint density at radius 1 is 1.32 bits per heavy atom. The molecule has 0 saturated heterocycles. The van der Waals surface area contributed by atoms with Crippen LogP contribution in [0.5, 0.6) is 0 Å². The Labute approximate surface area is 134 Å². The third-order valence-corrected chi connectivity index (χ3v) is 3.61. The van der Waals surface area contributed by atoms with Crippen molar-refractivity contribution in [1.29, 1.82) is 0 Å². The van der Waals surface area contributed by atoms with E-state index in [4.69, 9.17) is 9.15 Å². The van der Waals surface area contributed by atoms with E-state index in [0.717, 1.165) is 37.1 Å². The lowest BCUT2D eigenvalue weighted by Gasteiger charge is -2.22. The van der Waals surface area contributed by atoms with E-state index in [1.54, 1.807) is 7.05 Å². The van der Waals surface area contributed by atoms with Crippen molar-refractivity contribution in [2.24, 2.45) is 10.9 Å². The number of rotatable bonds is 8. The van der Waals surface area contributed by atoms with Gasteiger partial charge in [-0.1, -0.05) is 13.8 Å². The van der Waals surface area contributed by atoms with Crippen molar-refractivity contribution in [3.63, 3.8) is 0 Å². The number of nitrogens with one attached hydrogen (secondary N) is 2. The smallest absolute Gasteiger partial charge is 0.191 e.